The van der Waals surface area contributed by atoms with Crippen molar-refractivity contribution in [1.82, 2.24) is 10.2 Å². The van der Waals surface area contributed by atoms with Gasteiger partial charge in [0.2, 0.25) is 5.91 Å². The van der Waals surface area contributed by atoms with Crippen molar-refractivity contribution in [2.24, 2.45) is 28.6 Å². The summed E-state index contributed by atoms with van der Waals surface area (Å²) in [7, 11) is 1.96. The molecule has 3 amide bonds. The average molecular weight is 490 g/mol. The highest BCUT2D eigenvalue weighted by molar-refractivity contribution is 6.35. The Labute approximate surface area is 206 Å². The molecule has 0 saturated heterocycles. The van der Waals surface area contributed by atoms with Gasteiger partial charge in [0.25, 0.3) is 0 Å². The fourth-order valence-corrected chi connectivity index (χ4v) is 8.45. The molecule has 1 aromatic rings. The Kier molecular flexibility index (Phi) is 5.72. The van der Waals surface area contributed by atoms with Crippen LogP contribution in [0, 0.1) is 28.6 Å². The number of fused-ring (bicyclic) bond motifs is 5. The Morgan fingerprint density at radius 1 is 1.03 bits per heavy atom. The van der Waals surface area contributed by atoms with Gasteiger partial charge in [0, 0.05) is 40.3 Å². The third-order valence-electron chi connectivity index (χ3n) is 9.55. The predicted octanol–water partition coefficient (Wildman–Crippen LogP) is 6.12. The number of anilines is 1. The number of benzene rings is 1. The molecule has 1 aromatic carbocycles. The van der Waals surface area contributed by atoms with Gasteiger partial charge >= 0.3 is 6.03 Å². The number of carbonyl (C=O) groups excluding carboxylic acids is 2. The van der Waals surface area contributed by atoms with Gasteiger partial charge in [-0.1, -0.05) is 43.1 Å². The highest BCUT2D eigenvalue weighted by atomic mass is 35.5. The molecule has 0 radical (unpaired) electrons. The molecule has 0 unspecified atom stereocenters. The Morgan fingerprint density at radius 3 is 2.48 bits per heavy atom. The van der Waals surface area contributed by atoms with Gasteiger partial charge in [-0.2, -0.15) is 0 Å². The molecule has 2 N–H and O–H groups in total. The number of hydrogen-bond acceptors (Lipinski definition) is 2. The molecule has 5 nitrogen and oxygen atoms in total. The van der Waals surface area contributed by atoms with Crippen LogP contribution in [-0.4, -0.2) is 36.0 Å². The molecule has 0 spiro atoms. The van der Waals surface area contributed by atoms with Crippen molar-refractivity contribution in [3.63, 3.8) is 0 Å². The Balaban J connectivity index is 1.31. The molecule has 0 aromatic heterocycles. The normalized spacial score (nSPS) is 39.5. The van der Waals surface area contributed by atoms with Crippen LogP contribution in [-0.2, 0) is 4.79 Å². The van der Waals surface area contributed by atoms with E-state index in [1.165, 1.54) is 0 Å². The number of halogens is 2. The van der Waals surface area contributed by atoms with E-state index in [1.807, 2.05) is 11.9 Å². The second kappa shape index (κ2) is 8.20. The molecule has 1 aliphatic heterocycles. The van der Waals surface area contributed by atoms with Gasteiger partial charge in [-0.25, -0.2) is 4.79 Å². The van der Waals surface area contributed by atoms with Gasteiger partial charge in [0.15, 0.2) is 0 Å². The van der Waals surface area contributed by atoms with Crippen LogP contribution in [0.4, 0.5) is 10.5 Å². The van der Waals surface area contributed by atoms with Crippen LogP contribution >= 0.6 is 23.2 Å². The van der Waals surface area contributed by atoms with Crippen molar-refractivity contribution in [3.8, 4) is 0 Å². The molecule has 4 aliphatic rings. The van der Waals surface area contributed by atoms with Gasteiger partial charge in [-0.15, -0.1) is 0 Å². The minimum atomic E-state index is -0.201. The lowest BCUT2D eigenvalue weighted by atomic mass is 9.48. The molecule has 7 heteroatoms. The zero-order chi connectivity index (χ0) is 23.5. The van der Waals surface area contributed by atoms with Crippen LogP contribution in [0.1, 0.15) is 52.4 Å². The van der Waals surface area contributed by atoms with Gasteiger partial charge < -0.3 is 15.5 Å². The average Bonchev–Trinajstić information content (AvgIpc) is 3.06. The van der Waals surface area contributed by atoms with E-state index in [4.69, 9.17) is 23.2 Å². The summed E-state index contributed by atoms with van der Waals surface area (Å²) in [5.41, 5.74) is 0.734. The first-order chi connectivity index (χ1) is 15.6. The summed E-state index contributed by atoms with van der Waals surface area (Å²) in [4.78, 5) is 27.1. The zero-order valence-electron chi connectivity index (χ0n) is 19.5. The lowest BCUT2D eigenvalue weighted by Gasteiger charge is -2.60. The lowest BCUT2D eigenvalue weighted by Crippen LogP contribution is -2.60. The number of amides is 3. The van der Waals surface area contributed by atoms with E-state index < -0.39 is 0 Å². The van der Waals surface area contributed by atoms with Gasteiger partial charge in [0.05, 0.1) is 0 Å². The third kappa shape index (κ3) is 3.76. The third-order valence-corrected chi connectivity index (χ3v) is 9.99. The van der Waals surface area contributed by atoms with Crippen molar-refractivity contribution < 1.29 is 9.59 Å². The van der Waals surface area contributed by atoms with Crippen LogP contribution in [0.5, 0.6) is 0 Å². The Morgan fingerprint density at radius 2 is 1.76 bits per heavy atom. The fourth-order valence-electron chi connectivity index (χ4n) is 7.93. The molecule has 3 aliphatic carbocycles. The number of nitrogens with one attached hydrogen (secondary N) is 2. The number of urea groups is 1. The number of hydrogen-bond donors (Lipinski definition) is 2. The van der Waals surface area contributed by atoms with E-state index in [9.17, 15) is 9.59 Å². The molecule has 178 valence electrons. The van der Waals surface area contributed by atoms with Crippen LogP contribution in [0.25, 0.3) is 0 Å². The smallest absolute Gasteiger partial charge is 0.319 e. The first-order valence-corrected chi connectivity index (χ1v) is 12.9. The summed E-state index contributed by atoms with van der Waals surface area (Å²) in [5.74, 6) is 1.95. The maximum absolute atomic E-state index is 12.8. The van der Waals surface area contributed by atoms with Gasteiger partial charge in [-0.05, 0) is 86.0 Å². The van der Waals surface area contributed by atoms with E-state index in [1.54, 1.807) is 24.3 Å². The van der Waals surface area contributed by atoms with Crippen LogP contribution in [0.2, 0.25) is 10.0 Å². The maximum atomic E-state index is 12.8. The summed E-state index contributed by atoms with van der Waals surface area (Å²) in [6, 6.07) is 5.30. The SMILES string of the molecule is CN1C(=O)C=C[C@]2(C)[C@H]3CC[C@]4(C)[C@@H](NC(=O)Nc5cc(Cl)cc(Cl)c5)CC[C@H]4[C@@H]3CC[C@@H]12. The van der Waals surface area contributed by atoms with Gasteiger partial charge in [-0.3, -0.25) is 4.79 Å². The molecular weight excluding hydrogens is 457 g/mol. The van der Waals surface area contributed by atoms with E-state index in [2.05, 4.69) is 30.6 Å². The minimum absolute atomic E-state index is 0.0433. The standard InChI is InChI=1S/C26H33Cl2N3O2/c1-25-10-8-20-18(4-7-22-26(20,2)11-9-23(32)31(22)3)19(25)5-6-21(25)30-24(33)29-17-13-15(27)12-16(28)14-17/h9,11-14,18-22H,4-8,10H2,1-3H3,(H2,29,30,33)/t18-,19-,20-,21-,22+,25-,26+/m0/s1. The summed E-state index contributed by atoms with van der Waals surface area (Å²) in [6.45, 7) is 4.74. The summed E-state index contributed by atoms with van der Waals surface area (Å²) in [6.07, 6.45) is 10.6. The van der Waals surface area contributed by atoms with E-state index in [-0.39, 0.29) is 28.8 Å². The highest BCUT2D eigenvalue weighted by Gasteiger charge is 2.60. The highest BCUT2D eigenvalue weighted by Crippen LogP contribution is 2.63. The van der Waals surface area contributed by atoms with Crippen molar-refractivity contribution in [2.45, 2.75) is 64.5 Å². The Bertz CT molecular complexity index is 993. The second-order valence-electron chi connectivity index (χ2n) is 11.0. The molecule has 3 saturated carbocycles. The molecule has 3 fully saturated rings. The molecule has 5 rings (SSSR count). The molecular formula is C26H33Cl2N3O2. The number of rotatable bonds is 2. The monoisotopic (exact) mass is 489 g/mol. The maximum Gasteiger partial charge on any atom is 0.319 e. The topological polar surface area (TPSA) is 61.4 Å². The van der Waals surface area contributed by atoms with Crippen molar-refractivity contribution >= 4 is 40.8 Å². The van der Waals surface area contributed by atoms with E-state index >= 15 is 0 Å². The largest absolute Gasteiger partial charge is 0.338 e. The minimum Gasteiger partial charge on any atom is -0.338 e. The van der Waals surface area contributed by atoms with E-state index in [0.717, 1.165) is 38.5 Å². The summed E-state index contributed by atoms with van der Waals surface area (Å²) >= 11 is 12.2. The zero-order valence-corrected chi connectivity index (χ0v) is 21.0. The van der Waals surface area contributed by atoms with Gasteiger partial charge in [0.1, 0.15) is 0 Å². The van der Waals surface area contributed by atoms with Crippen molar-refractivity contribution in [3.05, 3.63) is 40.4 Å². The van der Waals surface area contributed by atoms with Crippen molar-refractivity contribution in [2.75, 3.05) is 12.4 Å². The number of carbonyl (C=O) groups is 2. The molecule has 33 heavy (non-hydrogen) atoms. The first-order valence-electron chi connectivity index (χ1n) is 12.1. The molecule has 0 bridgehead atoms. The number of likely N-dealkylation sites (N-methyl/N-ethyl adjacent to an activating group) is 1. The molecule has 1 heterocycles. The predicted molar refractivity (Wildman–Crippen MR) is 132 cm³/mol. The van der Waals surface area contributed by atoms with Crippen LogP contribution in [0.15, 0.2) is 30.4 Å². The van der Waals surface area contributed by atoms with Crippen molar-refractivity contribution in [1.29, 1.82) is 0 Å². The second-order valence-corrected chi connectivity index (χ2v) is 11.9. The first kappa shape index (κ1) is 23.0. The van der Waals surface area contributed by atoms with Crippen LogP contribution < -0.4 is 10.6 Å². The molecule has 7 atom stereocenters. The number of nitrogens with zero attached hydrogens (tertiary/aromatic N) is 1. The quantitative estimate of drug-likeness (QED) is 0.525. The summed E-state index contributed by atoms with van der Waals surface area (Å²) in [5, 5.41) is 7.18. The Hall–Kier alpha value is -1.72. The fraction of sp³-hybridized carbons (Fsp3) is 0.615. The van der Waals surface area contributed by atoms with Crippen LogP contribution in [0.3, 0.4) is 0 Å². The summed E-state index contributed by atoms with van der Waals surface area (Å²) < 4.78 is 0. The van der Waals surface area contributed by atoms with E-state index in [0.29, 0.717) is 39.5 Å². The lowest BCUT2D eigenvalue weighted by molar-refractivity contribution is -0.138.